The molecule has 0 aliphatic rings. The Morgan fingerprint density at radius 1 is 1.25 bits per heavy atom. The maximum absolute atomic E-state index is 11.4. The number of H-pyrrole nitrogens is 1. The van der Waals surface area contributed by atoms with Crippen LogP contribution in [-0.4, -0.2) is 27.3 Å². The second-order valence-electron chi connectivity index (χ2n) is 4.13. The van der Waals surface area contributed by atoms with Gasteiger partial charge in [0.15, 0.2) is 5.69 Å². The van der Waals surface area contributed by atoms with Gasteiger partial charge in [-0.25, -0.2) is 0 Å². The quantitative estimate of drug-likeness (QED) is 0.630. The van der Waals surface area contributed by atoms with Crippen LogP contribution in [0, 0.1) is 0 Å². The largest absolute Gasteiger partial charge is 0.427 e. The molecule has 1 heterocycles. The molecule has 2 aromatic rings. The van der Waals surface area contributed by atoms with Gasteiger partial charge in [-0.05, 0) is 30.7 Å². The Kier molecular flexibility index (Phi) is 4.09. The van der Waals surface area contributed by atoms with Gasteiger partial charge in [-0.3, -0.25) is 9.59 Å². The first-order chi connectivity index (χ1) is 9.61. The predicted molar refractivity (Wildman–Crippen MR) is 70.9 cm³/mol. The number of nitrogens with one attached hydrogen (secondary N) is 1. The number of benzene rings is 1. The average molecular weight is 274 g/mol. The zero-order chi connectivity index (χ0) is 14.5. The molecule has 7 nitrogen and oxygen atoms in total. The van der Waals surface area contributed by atoms with Gasteiger partial charge in [-0.2, -0.15) is 15.4 Å². The Morgan fingerprint density at radius 2 is 1.95 bits per heavy atom. The van der Waals surface area contributed by atoms with Crippen LogP contribution in [0.3, 0.4) is 0 Å². The summed E-state index contributed by atoms with van der Waals surface area (Å²) in [5.41, 5.74) is 6.28. The highest BCUT2D eigenvalue weighted by Gasteiger charge is 2.15. The lowest BCUT2D eigenvalue weighted by atomic mass is 10.1. The number of hydrogen-bond donors (Lipinski definition) is 2. The van der Waals surface area contributed by atoms with Crippen LogP contribution in [0.4, 0.5) is 0 Å². The highest BCUT2D eigenvalue weighted by Crippen LogP contribution is 2.22. The van der Waals surface area contributed by atoms with Gasteiger partial charge < -0.3 is 10.5 Å². The van der Waals surface area contributed by atoms with Gasteiger partial charge in [0.1, 0.15) is 11.4 Å². The van der Waals surface area contributed by atoms with Crippen molar-refractivity contribution in [1.29, 1.82) is 0 Å². The number of amides is 1. The van der Waals surface area contributed by atoms with E-state index in [0.717, 1.165) is 6.42 Å². The Labute approximate surface area is 115 Å². The molecule has 0 atom stereocenters. The molecule has 0 aliphatic carbocycles. The molecule has 0 unspecified atom stereocenters. The smallest absolute Gasteiger partial charge is 0.311 e. The zero-order valence-electron chi connectivity index (χ0n) is 10.9. The van der Waals surface area contributed by atoms with E-state index in [4.69, 9.17) is 10.5 Å². The fourth-order valence-electron chi connectivity index (χ4n) is 1.67. The molecular weight excluding hydrogens is 260 g/mol. The van der Waals surface area contributed by atoms with Gasteiger partial charge in [-0.1, -0.05) is 6.92 Å². The van der Waals surface area contributed by atoms with Crippen molar-refractivity contribution >= 4 is 11.9 Å². The van der Waals surface area contributed by atoms with Crippen molar-refractivity contribution in [1.82, 2.24) is 15.4 Å². The maximum atomic E-state index is 11.4. The topological polar surface area (TPSA) is 111 Å². The number of nitrogens with two attached hydrogens (primary N) is 1. The Bertz CT molecular complexity index is 619. The van der Waals surface area contributed by atoms with Crippen LogP contribution in [0.1, 0.15) is 30.3 Å². The number of ether oxygens (including phenoxy) is 1. The van der Waals surface area contributed by atoms with Crippen molar-refractivity contribution in [3.63, 3.8) is 0 Å². The predicted octanol–water partition coefficient (Wildman–Crippen LogP) is 1.28. The summed E-state index contributed by atoms with van der Waals surface area (Å²) in [5.74, 6) is -0.497. The molecule has 0 aliphatic heterocycles. The molecule has 0 saturated heterocycles. The van der Waals surface area contributed by atoms with Gasteiger partial charge in [0.05, 0.1) is 0 Å². The number of primary amides is 1. The fraction of sp³-hybridized carbons (Fsp3) is 0.231. The van der Waals surface area contributed by atoms with E-state index in [1.54, 1.807) is 24.3 Å². The third-order valence-corrected chi connectivity index (χ3v) is 2.59. The molecule has 1 aromatic heterocycles. The lowest BCUT2D eigenvalue weighted by Gasteiger charge is -2.04. The summed E-state index contributed by atoms with van der Waals surface area (Å²) >= 11 is 0. The van der Waals surface area contributed by atoms with Crippen molar-refractivity contribution < 1.29 is 14.3 Å². The third-order valence-electron chi connectivity index (χ3n) is 2.59. The molecule has 0 saturated carbocycles. The second-order valence-corrected chi connectivity index (χ2v) is 4.13. The van der Waals surface area contributed by atoms with Crippen LogP contribution in [0.25, 0.3) is 11.3 Å². The summed E-state index contributed by atoms with van der Waals surface area (Å²) < 4.78 is 5.13. The molecule has 0 spiro atoms. The van der Waals surface area contributed by atoms with E-state index in [-0.39, 0.29) is 11.7 Å². The zero-order valence-corrected chi connectivity index (χ0v) is 10.9. The third kappa shape index (κ3) is 3.00. The summed E-state index contributed by atoms with van der Waals surface area (Å²) in [5, 5.41) is 9.93. The van der Waals surface area contributed by atoms with Crippen molar-refractivity contribution in [3.8, 4) is 17.0 Å². The highest BCUT2D eigenvalue weighted by atomic mass is 16.5. The van der Waals surface area contributed by atoms with E-state index in [2.05, 4.69) is 15.4 Å². The molecule has 0 bridgehead atoms. The lowest BCUT2D eigenvalue weighted by molar-refractivity contribution is -0.134. The van der Waals surface area contributed by atoms with Gasteiger partial charge >= 0.3 is 5.97 Å². The lowest BCUT2D eigenvalue weighted by Crippen LogP contribution is -2.12. The summed E-state index contributed by atoms with van der Waals surface area (Å²) in [4.78, 5) is 22.5. The van der Waals surface area contributed by atoms with Crippen molar-refractivity contribution in [2.45, 2.75) is 19.8 Å². The number of rotatable bonds is 5. The first-order valence-corrected chi connectivity index (χ1v) is 6.13. The van der Waals surface area contributed by atoms with Crippen LogP contribution < -0.4 is 10.5 Å². The number of esters is 1. The minimum Gasteiger partial charge on any atom is -0.427 e. The summed E-state index contributed by atoms with van der Waals surface area (Å²) in [7, 11) is 0. The number of carbonyl (C=O) groups is 2. The van der Waals surface area contributed by atoms with Crippen molar-refractivity contribution in [3.05, 3.63) is 30.0 Å². The number of aromatic nitrogens is 3. The minimum atomic E-state index is -0.660. The second kappa shape index (κ2) is 5.96. The molecule has 1 amide bonds. The fourth-order valence-corrected chi connectivity index (χ4v) is 1.67. The van der Waals surface area contributed by atoms with Gasteiger partial charge in [0.25, 0.3) is 5.91 Å². The average Bonchev–Trinajstić information content (AvgIpc) is 2.89. The van der Waals surface area contributed by atoms with Gasteiger partial charge in [0, 0.05) is 12.0 Å². The molecular formula is C13H14N4O3. The van der Waals surface area contributed by atoms with E-state index >= 15 is 0 Å². The SMILES string of the molecule is CCCC(=O)Oc1ccc(-c2n[nH]nc2C(N)=O)cc1. The van der Waals surface area contributed by atoms with Crippen LogP contribution >= 0.6 is 0 Å². The standard InChI is InChI=1S/C13H14N4O3/c1-2-3-10(18)20-9-6-4-8(5-7-9)11-12(13(14)19)16-17-15-11/h4-7H,2-3H2,1H3,(H2,14,19)(H,15,16,17). The summed E-state index contributed by atoms with van der Waals surface area (Å²) in [6.07, 6.45) is 1.11. The Hall–Kier alpha value is -2.70. The van der Waals surface area contributed by atoms with E-state index in [1.807, 2.05) is 6.92 Å². The van der Waals surface area contributed by atoms with Crippen LogP contribution in [0.5, 0.6) is 5.75 Å². The maximum Gasteiger partial charge on any atom is 0.311 e. The van der Waals surface area contributed by atoms with Crippen LogP contribution in [0.15, 0.2) is 24.3 Å². The Morgan fingerprint density at radius 3 is 2.55 bits per heavy atom. The Balaban J connectivity index is 2.18. The first kappa shape index (κ1) is 13.7. The van der Waals surface area contributed by atoms with E-state index in [0.29, 0.717) is 23.4 Å². The molecule has 20 heavy (non-hydrogen) atoms. The number of aromatic amines is 1. The van der Waals surface area contributed by atoms with Crippen LogP contribution in [0.2, 0.25) is 0 Å². The van der Waals surface area contributed by atoms with E-state index < -0.39 is 5.91 Å². The number of carbonyl (C=O) groups excluding carboxylic acids is 2. The monoisotopic (exact) mass is 274 g/mol. The van der Waals surface area contributed by atoms with Crippen LogP contribution in [-0.2, 0) is 4.79 Å². The molecule has 3 N–H and O–H groups in total. The minimum absolute atomic E-state index is 0.0701. The van der Waals surface area contributed by atoms with E-state index in [1.165, 1.54) is 0 Å². The highest BCUT2D eigenvalue weighted by molar-refractivity contribution is 5.96. The summed E-state index contributed by atoms with van der Waals surface area (Å²) in [6, 6.07) is 6.61. The first-order valence-electron chi connectivity index (χ1n) is 6.13. The van der Waals surface area contributed by atoms with Gasteiger partial charge in [0.2, 0.25) is 0 Å². The van der Waals surface area contributed by atoms with Crippen molar-refractivity contribution in [2.75, 3.05) is 0 Å². The molecule has 7 heteroatoms. The normalized spacial score (nSPS) is 10.2. The number of hydrogen-bond acceptors (Lipinski definition) is 5. The summed E-state index contributed by atoms with van der Waals surface area (Å²) in [6.45, 7) is 1.90. The van der Waals surface area contributed by atoms with Gasteiger partial charge in [-0.15, -0.1) is 0 Å². The molecule has 1 aromatic carbocycles. The molecule has 104 valence electrons. The number of nitrogens with zero attached hydrogens (tertiary/aromatic N) is 2. The molecule has 0 radical (unpaired) electrons. The molecule has 0 fully saturated rings. The van der Waals surface area contributed by atoms with E-state index in [9.17, 15) is 9.59 Å². The molecule has 2 rings (SSSR count). The van der Waals surface area contributed by atoms with Crippen molar-refractivity contribution in [2.24, 2.45) is 5.73 Å².